The van der Waals surface area contributed by atoms with Crippen molar-refractivity contribution < 1.29 is 19.1 Å². The average Bonchev–Trinajstić information content (AvgIpc) is 2.83. The van der Waals surface area contributed by atoms with E-state index in [4.69, 9.17) is 21.7 Å². The van der Waals surface area contributed by atoms with Crippen LogP contribution in [0, 0.1) is 5.92 Å². The van der Waals surface area contributed by atoms with Crippen LogP contribution in [0.5, 0.6) is 5.75 Å². The first-order chi connectivity index (χ1) is 16.2. The number of carbonyl (C=O) groups excluding carboxylic acids is 2. The van der Waals surface area contributed by atoms with E-state index >= 15 is 0 Å². The first-order valence-corrected chi connectivity index (χ1v) is 11.7. The molecule has 1 atom stereocenters. The van der Waals surface area contributed by atoms with Gasteiger partial charge in [-0.25, -0.2) is 4.79 Å². The van der Waals surface area contributed by atoms with Crippen molar-refractivity contribution in [3.63, 3.8) is 0 Å². The van der Waals surface area contributed by atoms with Crippen molar-refractivity contribution in [1.82, 2.24) is 10.2 Å². The van der Waals surface area contributed by atoms with E-state index < -0.39 is 6.04 Å². The molecule has 2 N–H and O–H groups in total. The number of carbonyl (C=O) groups is 2. The van der Waals surface area contributed by atoms with E-state index in [1.54, 1.807) is 43.5 Å². The molecular weight excluding hydrogens is 450 g/mol. The Balaban J connectivity index is 1.84. The van der Waals surface area contributed by atoms with E-state index in [2.05, 4.69) is 10.6 Å². The van der Waals surface area contributed by atoms with Crippen molar-refractivity contribution >= 4 is 34.9 Å². The number of hydrogen-bond acceptors (Lipinski definition) is 5. The van der Waals surface area contributed by atoms with Gasteiger partial charge in [-0.1, -0.05) is 32.0 Å². The summed E-state index contributed by atoms with van der Waals surface area (Å²) >= 11 is 5.54. The van der Waals surface area contributed by atoms with Gasteiger partial charge in [-0.2, -0.15) is 0 Å². The molecule has 3 rings (SSSR count). The molecule has 0 saturated heterocycles. The third-order valence-corrected chi connectivity index (χ3v) is 5.85. The van der Waals surface area contributed by atoms with Crippen molar-refractivity contribution in [2.24, 2.45) is 5.92 Å². The molecule has 1 heterocycles. The third-order valence-electron chi connectivity index (χ3n) is 5.51. The largest absolute Gasteiger partial charge is 0.497 e. The van der Waals surface area contributed by atoms with Crippen LogP contribution in [0.15, 0.2) is 59.8 Å². The van der Waals surface area contributed by atoms with Gasteiger partial charge in [0.15, 0.2) is 5.11 Å². The number of methoxy groups -OCH3 is 1. The number of benzene rings is 2. The van der Waals surface area contributed by atoms with Crippen LogP contribution in [0.2, 0.25) is 0 Å². The molecule has 0 bridgehead atoms. The van der Waals surface area contributed by atoms with E-state index in [-0.39, 0.29) is 17.8 Å². The number of anilines is 1. The van der Waals surface area contributed by atoms with Crippen molar-refractivity contribution in [1.29, 1.82) is 0 Å². The molecule has 1 amide bonds. The first-order valence-electron chi connectivity index (χ1n) is 11.3. The summed E-state index contributed by atoms with van der Waals surface area (Å²) in [6.07, 6.45) is 0. The van der Waals surface area contributed by atoms with Crippen molar-refractivity contribution in [3.05, 3.63) is 70.9 Å². The number of nitrogens with one attached hydrogen (secondary N) is 2. The minimum absolute atomic E-state index is 0.232. The standard InChI is InChI=1S/C26H31N3O4S/c1-6-29-17(4)22(25(31)33-15-16(2)3)23(28-26(29)34)18-10-12-20(13-11-18)27-24(30)19-8-7-9-21(14-19)32-5/h7-14,16,23H,6,15H2,1-5H3,(H,27,30)(H,28,34)/t23-/m0/s1. The maximum Gasteiger partial charge on any atom is 0.338 e. The molecule has 8 heteroatoms. The second-order valence-corrected chi connectivity index (χ2v) is 8.81. The van der Waals surface area contributed by atoms with Crippen LogP contribution in [0.3, 0.4) is 0 Å². The highest BCUT2D eigenvalue weighted by Gasteiger charge is 2.34. The average molecular weight is 482 g/mol. The molecule has 34 heavy (non-hydrogen) atoms. The SMILES string of the molecule is CCN1C(=S)N[C@@H](c2ccc(NC(=O)c3cccc(OC)c3)cc2)C(C(=O)OCC(C)C)=C1C. The lowest BCUT2D eigenvalue weighted by Crippen LogP contribution is -2.47. The second kappa shape index (κ2) is 11.2. The minimum atomic E-state index is -0.446. The maximum absolute atomic E-state index is 13.0. The fraction of sp³-hybridized carbons (Fsp3) is 0.346. The summed E-state index contributed by atoms with van der Waals surface area (Å²) in [6.45, 7) is 8.84. The Morgan fingerprint density at radius 1 is 1.18 bits per heavy atom. The van der Waals surface area contributed by atoms with Crippen molar-refractivity contribution in [2.45, 2.75) is 33.7 Å². The number of nitrogens with zero attached hydrogens (tertiary/aromatic N) is 1. The van der Waals surface area contributed by atoms with Gasteiger partial charge in [-0.05, 0) is 67.9 Å². The molecule has 1 aliphatic rings. The molecule has 2 aromatic carbocycles. The Hall–Kier alpha value is -3.39. The number of hydrogen-bond donors (Lipinski definition) is 2. The molecule has 1 aliphatic heterocycles. The topological polar surface area (TPSA) is 79.9 Å². The monoisotopic (exact) mass is 481 g/mol. The predicted molar refractivity (Wildman–Crippen MR) is 137 cm³/mol. The smallest absolute Gasteiger partial charge is 0.338 e. The molecule has 180 valence electrons. The summed E-state index contributed by atoms with van der Waals surface area (Å²) in [5, 5.41) is 6.72. The molecule has 0 fully saturated rings. The van der Waals surface area contributed by atoms with E-state index in [9.17, 15) is 9.59 Å². The molecule has 2 aromatic rings. The molecule has 0 spiro atoms. The Kier molecular flexibility index (Phi) is 8.28. The molecule has 0 aliphatic carbocycles. The third kappa shape index (κ3) is 5.75. The highest BCUT2D eigenvalue weighted by atomic mass is 32.1. The summed E-state index contributed by atoms with van der Waals surface area (Å²) in [5.41, 5.74) is 3.28. The Morgan fingerprint density at radius 3 is 2.50 bits per heavy atom. The molecule has 0 unspecified atom stereocenters. The summed E-state index contributed by atoms with van der Waals surface area (Å²) in [6, 6.07) is 13.8. The number of rotatable bonds is 8. The van der Waals surface area contributed by atoms with Gasteiger partial charge >= 0.3 is 5.97 Å². The summed E-state index contributed by atoms with van der Waals surface area (Å²) in [4.78, 5) is 27.5. The lowest BCUT2D eigenvalue weighted by Gasteiger charge is -2.37. The summed E-state index contributed by atoms with van der Waals surface area (Å²) in [7, 11) is 1.56. The van der Waals surface area contributed by atoms with Crippen LogP contribution in [-0.4, -0.2) is 42.2 Å². The number of amides is 1. The molecule has 0 aromatic heterocycles. The van der Waals surface area contributed by atoms with Crippen LogP contribution in [0.1, 0.15) is 49.7 Å². The van der Waals surface area contributed by atoms with Gasteiger partial charge in [0, 0.05) is 23.5 Å². The highest BCUT2D eigenvalue weighted by Crippen LogP contribution is 2.32. The number of allylic oxidation sites excluding steroid dienone is 1. The fourth-order valence-corrected chi connectivity index (χ4v) is 4.11. The highest BCUT2D eigenvalue weighted by molar-refractivity contribution is 7.80. The van der Waals surface area contributed by atoms with E-state index in [0.29, 0.717) is 40.8 Å². The van der Waals surface area contributed by atoms with Crippen LogP contribution in [0.4, 0.5) is 5.69 Å². The molecule has 0 saturated carbocycles. The normalized spacial score (nSPS) is 15.8. The molecule has 0 radical (unpaired) electrons. The molecular formula is C26H31N3O4S. The summed E-state index contributed by atoms with van der Waals surface area (Å²) in [5.74, 6) is 0.245. The van der Waals surface area contributed by atoms with Gasteiger partial charge < -0.3 is 25.0 Å². The van der Waals surface area contributed by atoms with Crippen LogP contribution in [0.25, 0.3) is 0 Å². The Bertz CT molecular complexity index is 1100. The van der Waals surface area contributed by atoms with Crippen LogP contribution < -0.4 is 15.4 Å². The van der Waals surface area contributed by atoms with Gasteiger partial charge in [-0.3, -0.25) is 4.79 Å². The molecule has 7 nitrogen and oxygen atoms in total. The maximum atomic E-state index is 13.0. The predicted octanol–water partition coefficient (Wildman–Crippen LogP) is 4.67. The van der Waals surface area contributed by atoms with E-state index in [1.165, 1.54) is 0 Å². The van der Waals surface area contributed by atoms with Crippen LogP contribution >= 0.6 is 12.2 Å². The van der Waals surface area contributed by atoms with Gasteiger partial charge in [0.1, 0.15) is 5.75 Å². The second-order valence-electron chi connectivity index (χ2n) is 8.43. The van der Waals surface area contributed by atoms with Gasteiger partial charge in [0.05, 0.1) is 25.3 Å². The van der Waals surface area contributed by atoms with Crippen molar-refractivity contribution in [3.8, 4) is 5.75 Å². The number of thiocarbonyl (C=S) groups is 1. The Morgan fingerprint density at radius 2 is 1.88 bits per heavy atom. The fourth-order valence-electron chi connectivity index (χ4n) is 3.72. The van der Waals surface area contributed by atoms with E-state index in [0.717, 1.165) is 11.3 Å². The van der Waals surface area contributed by atoms with Gasteiger partial charge in [0.2, 0.25) is 0 Å². The van der Waals surface area contributed by atoms with Gasteiger partial charge in [0.25, 0.3) is 5.91 Å². The zero-order chi connectivity index (χ0) is 24.8. The number of ether oxygens (including phenoxy) is 2. The zero-order valence-corrected chi connectivity index (χ0v) is 21.0. The van der Waals surface area contributed by atoms with E-state index in [1.807, 2.05) is 44.7 Å². The lowest BCUT2D eigenvalue weighted by molar-refractivity contribution is -0.140. The number of esters is 1. The Labute approximate surface area is 206 Å². The van der Waals surface area contributed by atoms with Gasteiger partial charge in [-0.15, -0.1) is 0 Å². The summed E-state index contributed by atoms with van der Waals surface area (Å²) < 4.78 is 10.8. The quantitative estimate of drug-likeness (QED) is 0.419. The van der Waals surface area contributed by atoms with Crippen molar-refractivity contribution in [2.75, 3.05) is 25.6 Å². The van der Waals surface area contributed by atoms with Crippen LogP contribution in [-0.2, 0) is 9.53 Å². The minimum Gasteiger partial charge on any atom is -0.497 e. The lowest BCUT2D eigenvalue weighted by atomic mass is 9.94. The zero-order valence-electron chi connectivity index (χ0n) is 20.2. The first kappa shape index (κ1) is 25.2.